The van der Waals surface area contributed by atoms with Gasteiger partial charge in [-0.2, -0.15) is 0 Å². The predicted octanol–water partition coefficient (Wildman–Crippen LogP) is 8.84. The maximum atomic E-state index is 4.74. The van der Waals surface area contributed by atoms with E-state index in [1.165, 1.54) is 94.8 Å². The van der Waals surface area contributed by atoms with E-state index in [9.17, 15) is 0 Å². The van der Waals surface area contributed by atoms with Crippen molar-refractivity contribution in [1.82, 2.24) is 0 Å². The topological polar surface area (TPSA) is 12.4 Å². The van der Waals surface area contributed by atoms with Gasteiger partial charge in [-0.05, 0) is 65.7 Å². The van der Waals surface area contributed by atoms with Crippen LogP contribution < -0.4 is 0 Å². The second-order valence-corrected chi connectivity index (χ2v) is 8.02. The monoisotopic (exact) mass is 361 g/mol. The minimum Gasteiger partial charge on any atom is -0.294 e. The molecule has 0 aliphatic heterocycles. The summed E-state index contributed by atoms with van der Waals surface area (Å²) in [5, 5.41) is 0. The summed E-state index contributed by atoms with van der Waals surface area (Å²) in [7, 11) is 0. The highest BCUT2D eigenvalue weighted by atomic mass is 14.7. The van der Waals surface area contributed by atoms with Crippen molar-refractivity contribution >= 4 is 5.71 Å². The highest BCUT2D eigenvalue weighted by molar-refractivity contribution is 5.82. The molecular weight excluding hydrogens is 314 g/mol. The lowest BCUT2D eigenvalue weighted by molar-refractivity contribution is 0.638. The third kappa shape index (κ3) is 18.0. The minimum absolute atomic E-state index is 1.03. The van der Waals surface area contributed by atoms with Crippen molar-refractivity contribution in [2.24, 2.45) is 4.99 Å². The summed E-state index contributed by atoms with van der Waals surface area (Å²) in [6, 6.07) is 0. The van der Waals surface area contributed by atoms with E-state index in [1.54, 1.807) is 5.57 Å². The van der Waals surface area contributed by atoms with Crippen LogP contribution >= 0.6 is 0 Å². The van der Waals surface area contributed by atoms with Crippen LogP contribution in [0, 0.1) is 0 Å². The van der Waals surface area contributed by atoms with E-state index >= 15 is 0 Å². The smallest absolute Gasteiger partial charge is 0.0388 e. The molecule has 0 aromatic carbocycles. The Hall–Kier alpha value is -0.850. The molecule has 0 fully saturated rings. The van der Waals surface area contributed by atoms with Crippen LogP contribution in [0.5, 0.6) is 0 Å². The molecule has 0 aromatic rings. The molecule has 152 valence electrons. The Morgan fingerprint density at radius 3 is 1.88 bits per heavy atom. The largest absolute Gasteiger partial charge is 0.294 e. The zero-order chi connectivity index (χ0) is 19.5. The van der Waals surface area contributed by atoms with Gasteiger partial charge in [0.2, 0.25) is 0 Å². The molecule has 1 nitrogen and oxygen atoms in total. The van der Waals surface area contributed by atoms with Gasteiger partial charge in [0, 0.05) is 12.3 Å². The van der Waals surface area contributed by atoms with E-state index in [0.29, 0.717) is 0 Å². The lowest BCUT2D eigenvalue weighted by Gasteiger charge is -2.04. The molecular formula is C25H47N. The number of aliphatic imine (C=N–C) groups is 1. The Balaban J connectivity index is 3.80. The number of nitrogens with zero attached hydrogens (tertiary/aromatic N) is 1. The fraction of sp³-hybridized carbons (Fsp3) is 0.800. The molecule has 0 saturated carbocycles. The van der Waals surface area contributed by atoms with Crippen molar-refractivity contribution in [3.63, 3.8) is 0 Å². The maximum Gasteiger partial charge on any atom is 0.0388 e. The van der Waals surface area contributed by atoms with Gasteiger partial charge < -0.3 is 0 Å². The summed E-state index contributed by atoms with van der Waals surface area (Å²) in [5.41, 5.74) is 4.42. The van der Waals surface area contributed by atoms with Gasteiger partial charge >= 0.3 is 0 Å². The highest BCUT2D eigenvalue weighted by Crippen LogP contribution is 2.13. The molecule has 26 heavy (non-hydrogen) atoms. The van der Waals surface area contributed by atoms with Crippen LogP contribution in [0.1, 0.15) is 125 Å². The van der Waals surface area contributed by atoms with Gasteiger partial charge in [0.1, 0.15) is 0 Å². The molecule has 0 aliphatic carbocycles. The lowest BCUT2D eigenvalue weighted by Crippen LogP contribution is -1.95. The predicted molar refractivity (Wildman–Crippen MR) is 121 cm³/mol. The Bertz CT molecular complexity index is 400. The summed E-state index contributed by atoms with van der Waals surface area (Å²) in [4.78, 5) is 4.74. The van der Waals surface area contributed by atoms with Crippen molar-refractivity contribution in [2.75, 3.05) is 6.54 Å². The fourth-order valence-corrected chi connectivity index (χ4v) is 3.11. The maximum absolute atomic E-state index is 4.74. The summed E-state index contributed by atoms with van der Waals surface area (Å²) >= 11 is 0. The molecule has 0 atom stereocenters. The molecule has 0 radical (unpaired) electrons. The number of rotatable bonds is 17. The van der Waals surface area contributed by atoms with E-state index in [-0.39, 0.29) is 0 Å². The van der Waals surface area contributed by atoms with E-state index in [0.717, 1.165) is 13.0 Å². The van der Waals surface area contributed by atoms with Gasteiger partial charge in [-0.3, -0.25) is 4.99 Å². The van der Waals surface area contributed by atoms with E-state index in [4.69, 9.17) is 4.99 Å². The summed E-state index contributed by atoms with van der Waals surface area (Å²) < 4.78 is 0. The quantitative estimate of drug-likeness (QED) is 0.139. The van der Waals surface area contributed by atoms with Crippen LogP contribution in [0.3, 0.4) is 0 Å². The van der Waals surface area contributed by atoms with Crippen molar-refractivity contribution in [2.45, 2.75) is 125 Å². The van der Waals surface area contributed by atoms with E-state index in [1.807, 2.05) is 0 Å². The first kappa shape index (κ1) is 25.1. The highest BCUT2D eigenvalue weighted by Gasteiger charge is 1.96. The van der Waals surface area contributed by atoms with Crippen LogP contribution in [0.2, 0.25) is 0 Å². The van der Waals surface area contributed by atoms with Crippen molar-refractivity contribution in [3.05, 3.63) is 23.3 Å². The molecule has 0 aromatic heterocycles. The summed E-state index contributed by atoms with van der Waals surface area (Å²) in [6.45, 7) is 12.3. The van der Waals surface area contributed by atoms with Crippen LogP contribution in [0.25, 0.3) is 0 Å². The van der Waals surface area contributed by atoms with E-state index < -0.39 is 0 Å². The molecule has 1 heteroatoms. The second-order valence-electron chi connectivity index (χ2n) is 8.02. The van der Waals surface area contributed by atoms with Crippen LogP contribution in [-0.4, -0.2) is 12.3 Å². The Labute approximate surface area is 165 Å². The second kappa shape index (κ2) is 18.9. The van der Waals surface area contributed by atoms with Crippen molar-refractivity contribution in [1.29, 1.82) is 0 Å². The molecule has 0 spiro atoms. The minimum atomic E-state index is 1.03. The molecule has 0 aliphatic rings. The third-order valence-corrected chi connectivity index (χ3v) is 5.11. The molecule has 0 saturated heterocycles. The average Bonchev–Trinajstić information content (AvgIpc) is 2.62. The number of hydrogen-bond acceptors (Lipinski definition) is 1. The van der Waals surface area contributed by atoms with Gasteiger partial charge in [-0.1, -0.05) is 82.1 Å². The molecule has 0 unspecified atom stereocenters. The molecule has 0 rings (SSSR count). The van der Waals surface area contributed by atoms with Gasteiger partial charge in [-0.25, -0.2) is 0 Å². The number of unbranched alkanes of at least 4 members (excludes halogenated alkanes) is 8. The third-order valence-electron chi connectivity index (χ3n) is 5.11. The standard InChI is InChI=1S/C25H47N/c1-6-8-10-12-14-17-23(3)18-16-19-24(4)20-21-25(5)26-22-15-13-11-9-7-2/h17,19H,6-16,18,20-22H2,1-5H3/b23-17+,24-19+,26-25?. The molecule has 0 amide bonds. The molecule has 0 N–H and O–H groups in total. The Morgan fingerprint density at radius 1 is 0.615 bits per heavy atom. The van der Waals surface area contributed by atoms with Crippen LogP contribution in [-0.2, 0) is 0 Å². The lowest BCUT2D eigenvalue weighted by atomic mass is 10.0. The molecule has 0 bridgehead atoms. The van der Waals surface area contributed by atoms with Gasteiger partial charge in [0.05, 0.1) is 0 Å². The zero-order valence-electron chi connectivity index (χ0n) is 18.7. The van der Waals surface area contributed by atoms with Crippen molar-refractivity contribution < 1.29 is 0 Å². The fourth-order valence-electron chi connectivity index (χ4n) is 3.11. The van der Waals surface area contributed by atoms with Crippen LogP contribution in [0.15, 0.2) is 28.3 Å². The van der Waals surface area contributed by atoms with Gasteiger partial charge in [0.25, 0.3) is 0 Å². The first-order valence-electron chi connectivity index (χ1n) is 11.4. The summed E-state index contributed by atoms with van der Waals surface area (Å²) in [5.74, 6) is 0. The summed E-state index contributed by atoms with van der Waals surface area (Å²) in [6.07, 6.45) is 23.0. The normalized spacial score (nSPS) is 13.5. The SMILES string of the molecule is CCCCCC/C=C(\C)CC/C=C(\C)CCC(C)=NCCCCCCC. The number of hydrogen-bond donors (Lipinski definition) is 0. The first-order valence-corrected chi connectivity index (χ1v) is 11.4. The van der Waals surface area contributed by atoms with Gasteiger partial charge in [0.15, 0.2) is 0 Å². The van der Waals surface area contributed by atoms with Crippen LogP contribution in [0.4, 0.5) is 0 Å². The van der Waals surface area contributed by atoms with Gasteiger partial charge in [-0.15, -0.1) is 0 Å². The Kier molecular flexibility index (Phi) is 18.3. The average molecular weight is 362 g/mol. The number of allylic oxidation sites excluding steroid dienone is 4. The van der Waals surface area contributed by atoms with Crippen molar-refractivity contribution in [3.8, 4) is 0 Å². The molecule has 0 heterocycles. The Morgan fingerprint density at radius 2 is 1.19 bits per heavy atom. The van der Waals surface area contributed by atoms with E-state index in [2.05, 4.69) is 46.8 Å². The zero-order valence-corrected chi connectivity index (χ0v) is 18.7. The first-order chi connectivity index (χ1) is 12.6.